The second-order valence-corrected chi connectivity index (χ2v) is 2.80. The summed E-state index contributed by atoms with van der Waals surface area (Å²) in [4.78, 5) is 2.44. The Bertz CT molecular complexity index is 66.5. The average Bonchev–Trinajstić information content (AvgIpc) is 2.17. The third-order valence-electron chi connectivity index (χ3n) is 1.79. The van der Waals surface area contributed by atoms with E-state index in [9.17, 15) is 0 Å². The molecule has 1 aliphatic heterocycles. The minimum absolute atomic E-state index is 0.858. The van der Waals surface area contributed by atoms with Crippen LogP contribution in [0.25, 0.3) is 0 Å². The van der Waals surface area contributed by atoms with Gasteiger partial charge < -0.3 is 27.5 Å². The Kier molecular flexibility index (Phi) is 1.58. The fourth-order valence-electron chi connectivity index (χ4n) is 0.797. The van der Waals surface area contributed by atoms with Crippen LogP contribution in [0.3, 0.4) is 0 Å². The highest BCUT2D eigenvalue weighted by molar-refractivity contribution is 4.92. The van der Waals surface area contributed by atoms with Crippen LogP contribution < -0.4 is 22.6 Å². The molecule has 1 radical (unpaired) electrons. The Morgan fingerprint density at radius 2 is 1.86 bits per heavy atom. The molecule has 0 saturated carbocycles. The van der Waals surface area contributed by atoms with Crippen LogP contribution in [-0.2, 0) is 0 Å². The van der Waals surface area contributed by atoms with Gasteiger partial charge >= 0.3 is 0 Å². The molecule has 0 aliphatic carbocycles. The molecule has 2 heteroatoms. The summed E-state index contributed by atoms with van der Waals surface area (Å²) in [6.45, 7) is 4.53. The lowest BCUT2D eigenvalue weighted by atomic mass is 10.4. The maximum Gasteiger partial charge on any atom is 0.0202 e. The van der Waals surface area contributed by atoms with Crippen molar-refractivity contribution < 1.29 is 22.6 Å². The third kappa shape index (κ3) is 0.914. The van der Waals surface area contributed by atoms with E-state index >= 15 is 0 Å². The first-order chi connectivity index (χ1) is 3.27. The number of nitrogens with zero attached hydrogens (tertiary/aromatic N) is 1. The highest BCUT2D eigenvalue weighted by Gasteiger charge is 2.35. The smallest absolute Gasteiger partial charge is 0.0202 e. The zero-order valence-corrected chi connectivity index (χ0v) is 6.84. The molecule has 2 unspecified atom stereocenters. The maximum atomic E-state index is 2.44. The molecule has 1 rings (SSSR count). The summed E-state index contributed by atoms with van der Waals surface area (Å²) in [7, 11) is 0. The molecule has 0 N–H and O–H groups in total. The van der Waals surface area contributed by atoms with Gasteiger partial charge in [-0.2, -0.15) is 0 Å². The van der Waals surface area contributed by atoms with Crippen molar-refractivity contribution in [3.8, 4) is 0 Å². The highest BCUT2D eigenvalue weighted by atomic mass is 127. The normalized spacial score (nSPS) is 49.3. The lowest BCUT2D eigenvalue weighted by Crippen LogP contribution is -3.36. The summed E-state index contributed by atoms with van der Waals surface area (Å²) in [5.41, 5.74) is 0. The first-order valence-electron chi connectivity index (χ1n) is 2.59. The molecule has 2 atom stereocenters. The SMILES string of the molecule is CC1C(C)N1C[I-]. The first kappa shape index (κ1) is 5.82. The van der Waals surface area contributed by atoms with E-state index in [-0.39, 0.29) is 0 Å². The lowest BCUT2D eigenvalue weighted by Gasteiger charge is -2.02. The molecule has 1 nitrogen and oxygen atoms in total. The van der Waals surface area contributed by atoms with Crippen molar-refractivity contribution in [2.45, 2.75) is 25.9 Å². The van der Waals surface area contributed by atoms with Gasteiger partial charge in [-0.3, -0.25) is 0 Å². The number of halogens is 1. The minimum atomic E-state index is 0.858. The highest BCUT2D eigenvalue weighted by Crippen LogP contribution is 2.23. The Hall–Kier alpha value is 0.690. The van der Waals surface area contributed by atoms with Crippen LogP contribution in [-0.4, -0.2) is 21.5 Å². The van der Waals surface area contributed by atoms with Crippen molar-refractivity contribution in [2.24, 2.45) is 0 Å². The van der Waals surface area contributed by atoms with Gasteiger partial charge in [0.15, 0.2) is 0 Å². The van der Waals surface area contributed by atoms with Gasteiger partial charge in [0.25, 0.3) is 0 Å². The summed E-state index contributed by atoms with van der Waals surface area (Å²) < 4.78 is 1.19. The van der Waals surface area contributed by atoms with E-state index in [1.165, 1.54) is 4.55 Å². The predicted octanol–water partition coefficient (Wildman–Crippen LogP) is -2.41. The van der Waals surface area contributed by atoms with Gasteiger partial charge in [0.2, 0.25) is 0 Å². The molecule has 1 aliphatic rings. The van der Waals surface area contributed by atoms with Crippen molar-refractivity contribution in [1.82, 2.24) is 4.90 Å². The molecule has 0 aromatic rings. The Morgan fingerprint density at radius 1 is 1.43 bits per heavy atom. The monoisotopic (exact) mass is 211 g/mol. The third-order valence-corrected chi connectivity index (χ3v) is 2.58. The molecule has 43 valence electrons. The summed E-state index contributed by atoms with van der Waals surface area (Å²) >= 11 is 2.40. The minimum Gasteiger partial charge on any atom is -0.781 e. The molecule has 7 heavy (non-hydrogen) atoms. The van der Waals surface area contributed by atoms with E-state index in [2.05, 4.69) is 41.3 Å². The number of alkyl halides is 1. The van der Waals surface area contributed by atoms with E-state index < -0.39 is 0 Å². The van der Waals surface area contributed by atoms with Crippen molar-refractivity contribution >= 4 is 0 Å². The van der Waals surface area contributed by atoms with Crippen molar-refractivity contribution in [3.63, 3.8) is 0 Å². The van der Waals surface area contributed by atoms with Crippen LogP contribution in [0.1, 0.15) is 13.8 Å². The van der Waals surface area contributed by atoms with Crippen LogP contribution in [0, 0.1) is 0 Å². The van der Waals surface area contributed by atoms with Crippen LogP contribution in [0.15, 0.2) is 0 Å². The second-order valence-electron chi connectivity index (χ2n) is 2.11. The van der Waals surface area contributed by atoms with E-state index in [1.807, 2.05) is 0 Å². The van der Waals surface area contributed by atoms with E-state index in [4.69, 9.17) is 0 Å². The van der Waals surface area contributed by atoms with E-state index in [1.54, 1.807) is 0 Å². The molecular formula is C5H10IN-. The second kappa shape index (κ2) is 1.90. The van der Waals surface area contributed by atoms with Gasteiger partial charge in [-0.05, 0) is 13.8 Å². The molecule has 0 bridgehead atoms. The summed E-state index contributed by atoms with van der Waals surface area (Å²) in [6, 6.07) is 1.72. The van der Waals surface area contributed by atoms with Crippen LogP contribution in [0.4, 0.5) is 0 Å². The molecule has 0 aromatic carbocycles. The van der Waals surface area contributed by atoms with Gasteiger partial charge in [0.05, 0.1) is 0 Å². The van der Waals surface area contributed by atoms with Crippen molar-refractivity contribution in [2.75, 3.05) is 4.55 Å². The van der Waals surface area contributed by atoms with Crippen LogP contribution in [0.5, 0.6) is 0 Å². The molecule has 1 saturated heterocycles. The standard InChI is InChI=1S/C5H10IN/c1-4-5(2)7(4)3-6/h4-5H,3H2,1-2H3/q-1. The van der Waals surface area contributed by atoms with Gasteiger partial charge in [0, 0.05) is 12.1 Å². The largest absolute Gasteiger partial charge is 0.781 e. The van der Waals surface area contributed by atoms with Crippen LogP contribution >= 0.6 is 0 Å². The van der Waals surface area contributed by atoms with E-state index in [0.717, 1.165) is 12.1 Å². The summed E-state index contributed by atoms with van der Waals surface area (Å²) in [5, 5.41) is 0. The van der Waals surface area contributed by atoms with Gasteiger partial charge in [-0.25, -0.2) is 0 Å². The van der Waals surface area contributed by atoms with E-state index in [0.29, 0.717) is 0 Å². The molecular weight excluding hydrogens is 201 g/mol. The Balaban J connectivity index is 2.24. The number of hydrogen-bond acceptors (Lipinski definition) is 1. The lowest BCUT2D eigenvalue weighted by molar-refractivity contribution is -0.391. The molecule has 0 spiro atoms. The average molecular weight is 211 g/mol. The fourth-order valence-corrected chi connectivity index (χ4v) is 2.04. The first-order valence-corrected chi connectivity index (χ1v) is 4.11. The zero-order valence-electron chi connectivity index (χ0n) is 4.69. The summed E-state index contributed by atoms with van der Waals surface area (Å²) in [6.07, 6.45) is 0. The number of rotatable bonds is 1. The van der Waals surface area contributed by atoms with Crippen LogP contribution in [0.2, 0.25) is 0 Å². The fraction of sp³-hybridized carbons (Fsp3) is 1.00. The van der Waals surface area contributed by atoms with Gasteiger partial charge in [-0.15, -0.1) is 4.55 Å². The van der Waals surface area contributed by atoms with Crippen molar-refractivity contribution in [1.29, 1.82) is 0 Å². The molecule has 0 amide bonds. The molecule has 1 heterocycles. The Labute approximate surface area is 58.2 Å². The van der Waals surface area contributed by atoms with Crippen molar-refractivity contribution in [3.05, 3.63) is 0 Å². The summed E-state index contributed by atoms with van der Waals surface area (Å²) in [5.74, 6) is 0. The van der Waals surface area contributed by atoms with Gasteiger partial charge in [0.1, 0.15) is 0 Å². The zero-order chi connectivity index (χ0) is 5.44. The topological polar surface area (TPSA) is 3.01 Å². The molecule has 1 fully saturated rings. The Morgan fingerprint density at radius 3 is 1.86 bits per heavy atom. The molecule has 0 aromatic heterocycles. The quantitative estimate of drug-likeness (QED) is 0.202. The predicted molar refractivity (Wildman–Crippen MR) is 25.6 cm³/mol. The maximum absolute atomic E-state index is 2.44. The van der Waals surface area contributed by atoms with Gasteiger partial charge in [-0.1, -0.05) is 0 Å². The number of hydrogen-bond donors (Lipinski definition) is 0.